The summed E-state index contributed by atoms with van der Waals surface area (Å²) in [4.78, 5) is 11.3. The van der Waals surface area contributed by atoms with E-state index in [0.717, 1.165) is 25.8 Å². The van der Waals surface area contributed by atoms with E-state index < -0.39 is 0 Å². The van der Waals surface area contributed by atoms with Crippen LogP contribution in [0.5, 0.6) is 0 Å². The molecule has 0 atom stereocenters. The number of carbonyl (C=O) groups excluding carboxylic acids is 1. The molecule has 4 heteroatoms. The SMILES string of the molecule is CSCCCCCNC(=O)NC1CCC1. The second-order valence-corrected chi connectivity index (χ2v) is 5.07. The van der Waals surface area contributed by atoms with Gasteiger partial charge < -0.3 is 10.6 Å². The lowest BCUT2D eigenvalue weighted by Gasteiger charge is -2.26. The Hall–Kier alpha value is -0.380. The number of amides is 2. The van der Waals surface area contributed by atoms with Crippen LogP contribution in [0.3, 0.4) is 0 Å². The van der Waals surface area contributed by atoms with E-state index in [-0.39, 0.29) is 6.03 Å². The third-order valence-corrected chi connectivity index (χ3v) is 3.45. The molecule has 2 N–H and O–H groups in total. The summed E-state index contributed by atoms with van der Waals surface area (Å²) in [5.41, 5.74) is 0. The van der Waals surface area contributed by atoms with Crippen LogP contribution >= 0.6 is 11.8 Å². The molecule has 0 saturated heterocycles. The van der Waals surface area contributed by atoms with E-state index in [9.17, 15) is 4.79 Å². The average molecular weight is 230 g/mol. The van der Waals surface area contributed by atoms with Crippen molar-refractivity contribution in [3.63, 3.8) is 0 Å². The Morgan fingerprint density at radius 3 is 2.73 bits per heavy atom. The number of thioether (sulfide) groups is 1. The molecule has 0 aliphatic heterocycles. The monoisotopic (exact) mass is 230 g/mol. The van der Waals surface area contributed by atoms with Crippen LogP contribution in [-0.2, 0) is 0 Å². The number of urea groups is 1. The van der Waals surface area contributed by atoms with Gasteiger partial charge in [-0.1, -0.05) is 6.42 Å². The summed E-state index contributed by atoms with van der Waals surface area (Å²) in [6, 6.07) is 0.464. The van der Waals surface area contributed by atoms with Gasteiger partial charge in [-0.3, -0.25) is 0 Å². The van der Waals surface area contributed by atoms with Gasteiger partial charge in [-0.05, 0) is 44.1 Å². The van der Waals surface area contributed by atoms with Gasteiger partial charge in [-0.25, -0.2) is 4.79 Å². The fraction of sp³-hybridized carbons (Fsp3) is 0.909. The molecule has 0 aromatic heterocycles. The molecule has 3 nitrogen and oxygen atoms in total. The predicted molar refractivity (Wildman–Crippen MR) is 66.4 cm³/mol. The lowest BCUT2D eigenvalue weighted by Crippen LogP contribution is -2.45. The van der Waals surface area contributed by atoms with Crippen molar-refractivity contribution in [2.75, 3.05) is 18.6 Å². The quantitative estimate of drug-likeness (QED) is 0.659. The summed E-state index contributed by atoms with van der Waals surface area (Å²) in [6.45, 7) is 0.812. The molecule has 0 unspecified atom stereocenters. The fourth-order valence-corrected chi connectivity index (χ4v) is 2.03. The highest BCUT2D eigenvalue weighted by Gasteiger charge is 2.18. The summed E-state index contributed by atoms with van der Waals surface area (Å²) in [7, 11) is 0. The van der Waals surface area contributed by atoms with E-state index >= 15 is 0 Å². The van der Waals surface area contributed by atoms with Crippen molar-refractivity contribution in [1.82, 2.24) is 10.6 Å². The van der Waals surface area contributed by atoms with Gasteiger partial charge in [0, 0.05) is 12.6 Å². The molecular weight excluding hydrogens is 208 g/mol. The smallest absolute Gasteiger partial charge is 0.315 e. The van der Waals surface area contributed by atoms with Gasteiger partial charge >= 0.3 is 6.03 Å². The molecule has 1 saturated carbocycles. The van der Waals surface area contributed by atoms with Gasteiger partial charge in [0.15, 0.2) is 0 Å². The van der Waals surface area contributed by atoms with Crippen molar-refractivity contribution in [3.05, 3.63) is 0 Å². The van der Waals surface area contributed by atoms with Gasteiger partial charge in [0.1, 0.15) is 0 Å². The molecule has 1 aliphatic carbocycles. The highest BCUT2D eigenvalue weighted by Crippen LogP contribution is 2.17. The predicted octanol–water partition coefficient (Wildman–Crippen LogP) is 2.37. The molecule has 88 valence electrons. The highest BCUT2D eigenvalue weighted by molar-refractivity contribution is 7.98. The van der Waals surface area contributed by atoms with Crippen LogP contribution in [-0.4, -0.2) is 30.6 Å². The molecule has 1 aliphatic rings. The Bertz CT molecular complexity index is 183. The normalized spacial score (nSPS) is 15.8. The molecule has 1 rings (SSSR count). The molecule has 2 amide bonds. The largest absolute Gasteiger partial charge is 0.338 e. The molecular formula is C11H22N2OS. The van der Waals surface area contributed by atoms with E-state index in [2.05, 4.69) is 16.9 Å². The second-order valence-electron chi connectivity index (χ2n) is 4.08. The molecule has 1 fully saturated rings. The van der Waals surface area contributed by atoms with Crippen LogP contribution in [0.25, 0.3) is 0 Å². The number of unbranched alkanes of at least 4 members (excludes halogenated alkanes) is 2. The second kappa shape index (κ2) is 7.85. The summed E-state index contributed by atoms with van der Waals surface area (Å²) in [5.74, 6) is 1.23. The van der Waals surface area contributed by atoms with E-state index in [0.29, 0.717) is 6.04 Å². The standard InChI is InChI=1S/C11H22N2OS/c1-15-9-4-2-3-8-12-11(14)13-10-6-5-7-10/h10H,2-9H2,1H3,(H2,12,13,14). The Morgan fingerprint density at radius 2 is 2.13 bits per heavy atom. The lowest BCUT2D eigenvalue weighted by molar-refractivity contribution is 0.228. The zero-order valence-electron chi connectivity index (χ0n) is 9.55. The van der Waals surface area contributed by atoms with Crippen LogP contribution in [0.15, 0.2) is 0 Å². The first-order valence-corrected chi connectivity index (χ1v) is 7.25. The minimum absolute atomic E-state index is 0.0181. The maximum atomic E-state index is 11.3. The van der Waals surface area contributed by atoms with Crippen molar-refractivity contribution in [2.45, 2.75) is 44.6 Å². The Kier molecular flexibility index (Phi) is 6.64. The first kappa shape index (κ1) is 12.7. The fourth-order valence-electron chi connectivity index (χ4n) is 1.54. The van der Waals surface area contributed by atoms with Crippen molar-refractivity contribution in [1.29, 1.82) is 0 Å². The van der Waals surface area contributed by atoms with Gasteiger partial charge in [-0.15, -0.1) is 0 Å². The molecule has 0 spiro atoms. The van der Waals surface area contributed by atoms with Gasteiger partial charge in [-0.2, -0.15) is 11.8 Å². The topological polar surface area (TPSA) is 41.1 Å². The third kappa shape index (κ3) is 5.92. The average Bonchev–Trinajstić information content (AvgIpc) is 2.17. The Balaban J connectivity index is 1.83. The van der Waals surface area contributed by atoms with Gasteiger partial charge in [0.25, 0.3) is 0 Å². The zero-order chi connectivity index (χ0) is 10.9. The summed E-state index contributed by atoms with van der Waals surface area (Å²) in [5, 5.41) is 5.87. The minimum atomic E-state index is 0.0181. The molecule has 0 aromatic carbocycles. The third-order valence-electron chi connectivity index (χ3n) is 2.75. The number of nitrogens with one attached hydrogen (secondary N) is 2. The van der Waals surface area contributed by atoms with E-state index in [1.807, 2.05) is 11.8 Å². The number of hydrogen-bond donors (Lipinski definition) is 2. The van der Waals surface area contributed by atoms with Crippen LogP contribution in [0.4, 0.5) is 4.79 Å². The van der Waals surface area contributed by atoms with E-state index in [4.69, 9.17) is 0 Å². The number of carbonyl (C=O) groups is 1. The van der Waals surface area contributed by atoms with E-state index in [1.54, 1.807) is 0 Å². The van der Waals surface area contributed by atoms with Crippen molar-refractivity contribution in [2.24, 2.45) is 0 Å². The maximum absolute atomic E-state index is 11.3. The van der Waals surface area contributed by atoms with Gasteiger partial charge in [0.05, 0.1) is 0 Å². The van der Waals surface area contributed by atoms with Crippen LogP contribution < -0.4 is 10.6 Å². The minimum Gasteiger partial charge on any atom is -0.338 e. The number of hydrogen-bond acceptors (Lipinski definition) is 2. The van der Waals surface area contributed by atoms with Gasteiger partial charge in [0.2, 0.25) is 0 Å². The molecule has 0 radical (unpaired) electrons. The summed E-state index contributed by atoms with van der Waals surface area (Å²) < 4.78 is 0. The zero-order valence-corrected chi connectivity index (χ0v) is 10.4. The molecule has 15 heavy (non-hydrogen) atoms. The Morgan fingerprint density at radius 1 is 1.33 bits per heavy atom. The van der Waals surface area contributed by atoms with Crippen LogP contribution in [0, 0.1) is 0 Å². The Labute approximate surface area is 96.8 Å². The lowest BCUT2D eigenvalue weighted by atomic mass is 9.93. The summed E-state index contributed by atoms with van der Waals surface area (Å²) in [6.07, 6.45) is 9.27. The van der Waals surface area contributed by atoms with Crippen LogP contribution in [0.1, 0.15) is 38.5 Å². The van der Waals surface area contributed by atoms with Crippen LogP contribution in [0.2, 0.25) is 0 Å². The van der Waals surface area contributed by atoms with Crippen molar-refractivity contribution < 1.29 is 4.79 Å². The first-order valence-electron chi connectivity index (χ1n) is 5.86. The van der Waals surface area contributed by atoms with Crippen molar-refractivity contribution >= 4 is 17.8 Å². The molecule has 0 heterocycles. The maximum Gasteiger partial charge on any atom is 0.315 e. The number of rotatable bonds is 7. The summed E-state index contributed by atoms with van der Waals surface area (Å²) >= 11 is 1.89. The first-order chi connectivity index (χ1) is 7.33. The molecule has 0 aromatic rings. The molecule has 0 bridgehead atoms. The highest BCUT2D eigenvalue weighted by atomic mass is 32.2. The van der Waals surface area contributed by atoms with E-state index in [1.165, 1.54) is 25.0 Å². The van der Waals surface area contributed by atoms with Crippen molar-refractivity contribution in [3.8, 4) is 0 Å².